The predicted molar refractivity (Wildman–Crippen MR) is 121 cm³/mol. The van der Waals surface area contributed by atoms with E-state index < -0.39 is 29.8 Å². The van der Waals surface area contributed by atoms with Crippen LogP contribution in [0.4, 0.5) is 23.4 Å². The molecule has 6 rings (SSSR count). The fourth-order valence-corrected chi connectivity index (χ4v) is 5.35. The van der Waals surface area contributed by atoms with Crippen LogP contribution in [0.15, 0.2) is 48.0 Å². The normalized spacial score (nSPS) is 21.0. The molecule has 0 N–H and O–H groups in total. The lowest BCUT2D eigenvalue weighted by atomic mass is 9.87. The van der Waals surface area contributed by atoms with Gasteiger partial charge >= 0.3 is 6.55 Å². The van der Waals surface area contributed by atoms with E-state index in [2.05, 4.69) is 15.1 Å². The number of aromatic nitrogens is 4. The average molecular weight is 499 g/mol. The quantitative estimate of drug-likeness (QED) is 0.505. The van der Waals surface area contributed by atoms with E-state index in [0.717, 1.165) is 6.07 Å². The Morgan fingerprint density at radius 3 is 2.47 bits per heavy atom. The number of carbonyl (C=O) groups is 1. The fraction of sp³-hybridized carbons (Fsp3) is 0.375. The average Bonchev–Trinajstić information content (AvgIpc) is 3.56. The van der Waals surface area contributed by atoms with Gasteiger partial charge in [-0.25, -0.2) is 23.4 Å². The Bertz CT molecular complexity index is 1350. The molecule has 1 atom stereocenters. The van der Waals surface area contributed by atoms with Gasteiger partial charge in [0.25, 0.3) is 5.91 Å². The Hall–Kier alpha value is -3.83. The molecule has 3 aromatic rings. The maximum absolute atomic E-state index is 13.8. The molecule has 1 aromatic carbocycles. The van der Waals surface area contributed by atoms with E-state index in [4.69, 9.17) is 4.99 Å². The van der Waals surface area contributed by atoms with Crippen LogP contribution in [-0.4, -0.2) is 55.0 Å². The van der Waals surface area contributed by atoms with E-state index >= 15 is 0 Å². The van der Waals surface area contributed by atoms with Gasteiger partial charge in [0.05, 0.1) is 17.9 Å². The lowest BCUT2D eigenvalue weighted by Crippen LogP contribution is -2.50. The van der Waals surface area contributed by atoms with E-state index in [0.29, 0.717) is 71.9 Å². The molecule has 3 aliphatic heterocycles. The third-order valence-electron chi connectivity index (χ3n) is 7.13. The SMILES string of the molecule is O=C1N2C(=NC13CCN(c1cc(-c4cnn(C(F)F)c4)ncn1)CC3)CC[C@H]2c1cc(F)cc(F)c1. The summed E-state index contributed by atoms with van der Waals surface area (Å²) in [6.07, 6.45) is 5.98. The second-order valence-electron chi connectivity index (χ2n) is 9.23. The number of alkyl halides is 2. The van der Waals surface area contributed by atoms with Crippen molar-refractivity contribution in [3.8, 4) is 11.3 Å². The molecule has 0 aliphatic carbocycles. The van der Waals surface area contributed by atoms with E-state index in [1.165, 1.54) is 30.9 Å². The standard InChI is InChI=1S/C24H21F4N7O/c25-16-7-14(8-17(26)9-16)19-1-2-20-32-24(22(36)35(19)20)3-5-33(6-4-24)21-10-18(29-13-30-21)15-11-31-34(12-15)23(27)28/h7-13,19,23H,1-6H2/t19-/m0/s1. The lowest BCUT2D eigenvalue weighted by Gasteiger charge is -2.37. The van der Waals surface area contributed by atoms with Crippen LogP contribution >= 0.6 is 0 Å². The highest BCUT2D eigenvalue weighted by molar-refractivity contribution is 6.10. The molecule has 186 valence electrons. The number of piperidine rings is 1. The minimum absolute atomic E-state index is 0.132. The van der Waals surface area contributed by atoms with Gasteiger partial charge in [0.1, 0.15) is 35.2 Å². The van der Waals surface area contributed by atoms with Gasteiger partial charge in [0.2, 0.25) is 0 Å². The Balaban J connectivity index is 1.19. The van der Waals surface area contributed by atoms with E-state index in [9.17, 15) is 22.4 Å². The third kappa shape index (κ3) is 3.71. The van der Waals surface area contributed by atoms with Crippen LogP contribution in [0.1, 0.15) is 43.8 Å². The van der Waals surface area contributed by atoms with Crippen LogP contribution in [0.3, 0.4) is 0 Å². The molecule has 0 unspecified atom stereocenters. The molecule has 2 aromatic heterocycles. The number of hydrogen-bond acceptors (Lipinski definition) is 6. The van der Waals surface area contributed by atoms with Crippen molar-refractivity contribution in [3.05, 3.63) is 60.2 Å². The van der Waals surface area contributed by atoms with Gasteiger partial charge in [0, 0.05) is 43.4 Å². The largest absolute Gasteiger partial charge is 0.356 e. The summed E-state index contributed by atoms with van der Waals surface area (Å²) in [4.78, 5) is 30.5. The molecule has 5 heterocycles. The molecule has 3 aliphatic rings. The maximum atomic E-state index is 13.8. The zero-order chi connectivity index (χ0) is 25.0. The number of amides is 1. The highest BCUT2D eigenvalue weighted by Gasteiger charge is 2.53. The minimum Gasteiger partial charge on any atom is -0.356 e. The van der Waals surface area contributed by atoms with Crippen molar-refractivity contribution in [2.75, 3.05) is 18.0 Å². The Kier molecular flexibility index (Phi) is 5.27. The summed E-state index contributed by atoms with van der Waals surface area (Å²) in [7, 11) is 0. The van der Waals surface area contributed by atoms with Crippen LogP contribution < -0.4 is 4.90 Å². The maximum Gasteiger partial charge on any atom is 0.333 e. The van der Waals surface area contributed by atoms with Gasteiger partial charge < -0.3 is 4.90 Å². The van der Waals surface area contributed by atoms with Crippen molar-refractivity contribution >= 4 is 17.6 Å². The molecule has 0 saturated carbocycles. The Morgan fingerprint density at radius 2 is 1.78 bits per heavy atom. The van der Waals surface area contributed by atoms with Crippen LogP contribution in [-0.2, 0) is 4.79 Å². The summed E-state index contributed by atoms with van der Waals surface area (Å²) in [5.41, 5.74) is 0.453. The number of amidine groups is 1. The molecule has 12 heteroatoms. The Morgan fingerprint density at radius 1 is 1.03 bits per heavy atom. The summed E-state index contributed by atoms with van der Waals surface area (Å²) < 4.78 is 53.9. The monoisotopic (exact) mass is 499 g/mol. The Labute approximate surface area is 203 Å². The first-order valence-electron chi connectivity index (χ1n) is 11.6. The summed E-state index contributed by atoms with van der Waals surface area (Å²) in [5, 5.41) is 3.65. The van der Waals surface area contributed by atoms with E-state index in [1.54, 1.807) is 11.0 Å². The fourth-order valence-electron chi connectivity index (χ4n) is 5.35. The number of aliphatic imine (C=N–C) groups is 1. The van der Waals surface area contributed by atoms with Gasteiger partial charge in [-0.05, 0) is 37.0 Å². The second kappa shape index (κ2) is 8.38. The highest BCUT2D eigenvalue weighted by Crippen LogP contribution is 2.44. The first-order chi connectivity index (χ1) is 17.3. The molecular formula is C24H21F4N7O. The number of nitrogens with zero attached hydrogens (tertiary/aromatic N) is 7. The molecule has 1 spiro atoms. The number of anilines is 1. The number of rotatable bonds is 4. The van der Waals surface area contributed by atoms with Crippen molar-refractivity contribution in [3.63, 3.8) is 0 Å². The van der Waals surface area contributed by atoms with Crippen molar-refractivity contribution in [2.24, 2.45) is 4.99 Å². The molecule has 8 nitrogen and oxygen atoms in total. The number of fused-ring (bicyclic) bond motifs is 1. The van der Waals surface area contributed by atoms with Crippen LogP contribution in [0.25, 0.3) is 11.3 Å². The van der Waals surface area contributed by atoms with Crippen molar-refractivity contribution < 1.29 is 22.4 Å². The first kappa shape index (κ1) is 22.6. The number of hydrogen-bond donors (Lipinski definition) is 0. The lowest BCUT2D eigenvalue weighted by molar-refractivity contribution is -0.133. The minimum atomic E-state index is -2.74. The topological polar surface area (TPSA) is 79.5 Å². The van der Waals surface area contributed by atoms with Gasteiger partial charge in [-0.2, -0.15) is 13.9 Å². The van der Waals surface area contributed by atoms with Crippen molar-refractivity contribution in [1.82, 2.24) is 24.6 Å². The second-order valence-corrected chi connectivity index (χ2v) is 9.23. The highest BCUT2D eigenvalue weighted by atomic mass is 19.3. The van der Waals surface area contributed by atoms with Crippen LogP contribution in [0.2, 0.25) is 0 Å². The van der Waals surface area contributed by atoms with Crippen molar-refractivity contribution in [1.29, 1.82) is 0 Å². The molecule has 1 amide bonds. The van der Waals surface area contributed by atoms with Crippen molar-refractivity contribution in [2.45, 2.75) is 43.8 Å². The number of benzene rings is 1. The van der Waals surface area contributed by atoms with Gasteiger partial charge in [0.15, 0.2) is 0 Å². The number of halogens is 4. The molecular weight excluding hydrogens is 478 g/mol. The van der Waals surface area contributed by atoms with Gasteiger partial charge in [-0.15, -0.1) is 0 Å². The molecule has 2 fully saturated rings. The first-order valence-corrected chi connectivity index (χ1v) is 11.6. The zero-order valence-electron chi connectivity index (χ0n) is 19.0. The van der Waals surface area contributed by atoms with Gasteiger partial charge in [-0.3, -0.25) is 14.7 Å². The smallest absolute Gasteiger partial charge is 0.333 e. The van der Waals surface area contributed by atoms with Gasteiger partial charge in [-0.1, -0.05) is 0 Å². The summed E-state index contributed by atoms with van der Waals surface area (Å²) in [5.74, 6) is -0.186. The summed E-state index contributed by atoms with van der Waals surface area (Å²) in [6.45, 7) is -1.73. The predicted octanol–water partition coefficient (Wildman–Crippen LogP) is 4.13. The molecule has 0 bridgehead atoms. The van der Waals surface area contributed by atoms with E-state index in [-0.39, 0.29) is 5.91 Å². The molecule has 0 radical (unpaired) electrons. The van der Waals surface area contributed by atoms with Crippen LogP contribution in [0, 0.1) is 11.6 Å². The zero-order valence-corrected chi connectivity index (χ0v) is 19.0. The molecule has 36 heavy (non-hydrogen) atoms. The number of carbonyl (C=O) groups excluding carboxylic acids is 1. The van der Waals surface area contributed by atoms with E-state index in [1.807, 2.05) is 4.90 Å². The summed E-state index contributed by atoms with van der Waals surface area (Å²) >= 11 is 0. The summed E-state index contributed by atoms with van der Waals surface area (Å²) in [6, 6.07) is 4.64. The van der Waals surface area contributed by atoms with Crippen LogP contribution in [0.5, 0.6) is 0 Å². The third-order valence-corrected chi connectivity index (χ3v) is 7.13. The molecule has 2 saturated heterocycles.